The molecule has 106 valence electrons. The molecule has 4 rings (SSSR count). The molecular weight excluding hydrogens is 302 g/mol. The number of aromatic nitrogens is 2. The van der Waals surface area contributed by atoms with Gasteiger partial charge in [-0.05, 0) is 42.5 Å². The molecule has 1 aliphatic heterocycles. The molecule has 0 bridgehead atoms. The number of nitrogens with zero attached hydrogens (tertiary/aromatic N) is 2. The first-order chi connectivity index (χ1) is 10.2. The number of halogens is 1. The van der Waals surface area contributed by atoms with E-state index in [-0.39, 0.29) is 0 Å². The van der Waals surface area contributed by atoms with Crippen LogP contribution in [0.1, 0.15) is 11.1 Å². The Labute approximate surface area is 132 Å². The van der Waals surface area contributed by atoms with Crippen LogP contribution in [0.2, 0.25) is 5.02 Å². The van der Waals surface area contributed by atoms with E-state index in [1.54, 1.807) is 11.3 Å². The Kier molecular flexibility index (Phi) is 3.01. The third-order valence-corrected chi connectivity index (χ3v) is 4.76. The summed E-state index contributed by atoms with van der Waals surface area (Å²) in [7, 11) is 0. The summed E-state index contributed by atoms with van der Waals surface area (Å²) in [6.45, 7) is 3.04. The molecule has 0 saturated carbocycles. The molecule has 1 N–H and O–H groups in total. The number of nitrogens with one attached hydrogen (secondary N) is 1. The third-order valence-electron chi connectivity index (χ3n) is 3.84. The van der Waals surface area contributed by atoms with Crippen molar-refractivity contribution < 1.29 is 0 Å². The first kappa shape index (κ1) is 12.9. The summed E-state index contributed by atoms with van der Waals surface area (Å²) < 4.78 is 2.00. The molecule has 0 radical (unpaired) electrons. The lowest BCUT2D eigenvalue weighted by molar-refractivity contribution is 0.875. The van der Waals surface area contributed by atoms with Crippen LogP contribution in [0.15, 0.2) is 35.0 Å². The van der Waals surface area contributed by atoms with Crippen molar-refractivity contribution in [2.24, 2.45) is 0 Å². The highest BCUT2D eigenvalue weighted by molar-refractivity contribution is 7.08. The van der Waals surface area contributed by atoms with Crippen molar-refractivity contribution >= 4 is 28.8 Å². The van der Waals surface area contributed by atoms with Gasteiger partial charge in [-0.2, -0.15) is 16.4 Å². The lowest BCUT2D eigenvalue weighted by Gasteiger charge is -2.10. The van der Waals surface area contributed by atoms with Crippen LogP contribution >= 0.6 is 22.9 Å². The fourth-order valence-corrected chi connectivity index (χ4v) is 3.60. The van der Waals surface area contributed by atoms with Crippen LogP contribution in [0.3, 0.4) is 0 Å². The zero-order chi connectivity index (χ0) is 14.4. The number of fused-ring (bicyclic) bond motifs is 1. The summed E-state index contributed by atoms with van der Waals surface area (Å²) in [6.07, 6.45) is 1.01. The molecule has 0 unspecified atom stereocenters. The molecule has 0 atom stereocenters. The van der Waals surface area contributed by atoms with Crippen LogP contribution in [0, 0.1) is 6.92 Å². The maximum atomic E-state index is 6.16. The van der Waals surface area contributed by atoms with Gasteiger partial charge in [-0.3, -0.25) is 0 Å². The summed E-state index contributed by atoms with van der Waals surface area (Å²) >= 11 is 7.86. The Balaban J connectivity index is 1.95. The number of aryl methyl sites for hydroxylation is 1. The van der Waals surface area contributed by atoms with Gasteiger partial charge in [0.1, 0.15) is 5.82 Å². The van der Waals surface area contributed by atoms with Crippen LogP contribution in [0.4, 0.5) is 5.82 Å². The summed E-state index contributed by atoms with van der Waals surface area (Å²) in [5, 5.41) is 13.3. The minimum absolute atomic E-state index is 0.731. The van der Waals surface area contributed by atoms with E-state index in [9.17, 15) is 0 Å². The molecular formula is C16H14ClN3S. The van der Waals surface area contributed by atoms with Crippen LogP contribution in [0.25, 0.3) is 16.9 Å². The SMILES string of the molecule is Cc1ccc(Cl)cc1-n1nc(-c2ccsc2)c2c1NCC2. The monoisotopic (exact) mass is 315 g/mol. The standard InChI is InChI=1S/C16H14ClN3S/c1-10-2-3-12(17)8-14(10)20-16-13(4-6-18-16)15(19-20)11-5-7-21-9-11/h2-3,5,7-9,18H,4,6H2,1H3. The van der Waals surface area contributed by atoms with Gasteiger partial charge >= 0.3 is 0 Å². The van der Waals surface area contributed by atoms with E-state index in [4.69, 9.17) is 16.7 Å². The van der Waals surface area contributed by atoms with Gasteiger partial charge in [0.15, 0.2) is 0 Å². The predicted octanol–water partition coefficient (Wildman–Crippen LogP) is 4.53. The smallest absolute Gasteiger partial charge is 0.133 e. The zero-order valence-corrected chi connectivity index (χ0v) is 13.1. The first-order valence-electron chi connectivity index (χ1n) is 6.89. The van der Waals surface area contributed by atoms with Gasteiger partial charge in [0, 0.05) is 28.1 Å². The van der Waals surface area contributed by atoms with Gasteiger partial charge in [-0.15, -0.1) is 0 Å². The molecule has 0 saturated heterocycles. The van der Waals surface area contributed by atoms with Crippen LogP contribution in [-0.2, 0) is 6.42 Å². The van der Waals surface area contributed by atoms with Gasteiger partial charge in [0.05, 0.1) is 11.4 Å². The minimum Gasteiger partial charge on any atom is -0.369 e. The van der Waals surface area contributed by atoms with Crippen molar-refractivity contribution in [1.29, 1.82) is 0 Å². The molecule has 1 aliphatic rings. The number of hydrogen-bond donors (Lipinski definition) is 1. The van der Waals surface area contributed by atoms with Crippen molar-refractivity contribution in [2.45, 2.75) is 13.3 Å². The minimum atomic E-state index is 0.731. The molecule has 0 aliphatic carbocycles. The molecule has 0 amide bonds. The molecule has 0 fully saturated rings. The van der Waals surface area contributed by atoms with Gasteiger partial charge < -0.3 is 5.32 Å². The van der Waals surface area contributed by atoms with Gasteiger partial charge in [-0.1, -0.05) is 17.7 Å². The average Bonchev–Trinajstić information content (AvgIpc) is 3.16. The lowest BCUT2D eigenvalue weighted by Crippen LogP contribution is -2.05. The molecule has 2 aromatic heterocycles. The fraction of sp³-hybridized carbons (Fsp3) is 0.188. The van der Waals surface area contributed by atoms with Crippen LogP contribution < -0.4 is 5.32 Å². The highest BCUT2D eigenvalue weighted by atomic mass is 35.5. The third kappa shape index (κ3) is 2.06. The van der Waals surface area contributed by atoms with E-state index < -0.39 is 0 Å². The summed E-state index contributed by atoms with van der Waals surface area (Å²) in [6, 6.07) is 8.05. The highest BCUT2D eigenvalue weighted by Gasteiger charge is 2.24. The Bertz CT molecular complexity index is 805. The quantitative estimate of drug-likeness (QED) is 0.753. The van der Waals surface area contributed by atoms with E-state index in [0.717, 1.165) is 40.8 Å². The molecule has 5 heteroatoms. The van der Waals surface area contributed by atoms with Crippen molar-refractivity contribution in [2.75, 3.05) is 11.9 Å². The second-order valence-electron chi connectivity index (χ2n) is 5.21. The van der Waals surface area contributed by atoms with Crippen molar-refractivity contribution in [3.63, 3.8) is 0 Å². The molecule has 3 heterocycles. The van der Waals surface area contributed by atoms with Crippen molar-refractivity contribution in [3.05, 3.63) is 51.2 Å². The van der Waals surface area contributed by atoms with E-state index in [1.807, 2.05) is 22.9 Å². The highest BCUT2D eigenvalue weighted by Crippen LogP contribution is 2.36. The van der Waals surface area contributed by atoms with Crippen molar-refractivity contribution in [1.82, 2.24) is 9.78 Å². The van der Waals surface area contributed by atoms with Gasteiger partial charge in [-0.25, -0.2) is 4.68 Å². The number of thiophene rings is 1. The molecule has 3 aromatic rings. The Morgan fingerprint density at radius 2 is 2.24 bits per heavy atom. The summed E-state index contributed by atoms with van der Waals surface area (Å²) in [4.78, 5) is 0. The molecule has 21 heavy (non-hydrogen) atoms. The summed E-state index contributed by atoms with van der Waals surface area (Å²) in [5.74, 6) is 1.10. The number of benzene rings is 1. The fourth-order valence-electron chi connectivity index (χ4n) is 2.79. The maximum Gasteiger partial charge on any atom is 0.133 e. The lowest BCUT2D eigenvalue weighted by atomic mass is 10.1. The number of hydrogen-bond acceptors (Lipinski definition) is 3. The second kappa shape index (κ2) is 4.90. The largest absolute Gasteiger partial charge is 0.369 e. The molecule has 1 aromatic carbocycles. The number of rotatable bonds is 2. The van der Waals surface area contributed by atoms with Crippen LogP contribution in [-0.4, -0.2) is 16.3 Å². The normalized spacial score (nSPS) is 13.2. The topological polar surface area (TPSA) is 29.9 Å². The second-order valence-corrected chi connectivity index (χ2v) is 6.42. The van der Waals surface area contributed by atoms with Crippen LogP contribution in [0.5, 0.6) is 0 Å². The molecule has 0 spiro atoms. The Hall–Kier alpha value is -1.78. The van der Waals surface area contributed by atoms with E-state index in [2.05, 4.69) is 29.1 Å². The Morgan fingerprint density at radius 3 is 3.05 bits per heavy atom. The van der Waals surface area contributed by atoms with E-state index in [0.29, 0.717) is 0 Å². The average molecular weight is 316 g/mol. The predicted molar refractivity (Wildman–Crippen MR) is 88.8 cm³/mol. The van der Waals surface area contributed by atoms with Crippen molar-refractivity contribution in [3.8, 4) is 16.9 Å². The van der Waals surface area contributed by atoms with Gasteiger partial charge in [0.2, 0.25) is 0 Å². The molecule has 3 nitrogen and oxygen atoms in total. The Morgan fingerprint density at radius 1 is 1.33 bits per heavy atom. The maximum absolute atomic E-state index is 6.16. The van der Waals surface area contributed by atoms with E-state index in [1.165, 1.54) is 11.1 Å². The zero-order valence-electron chi connectivity index (χ0n) is 11.6. The summed E-state index contributed by atoms with van der Waals surface area (Å²) in [5.41, 5.74) is 5.77. The first-order valence-corrected chi connectivity index (χ1v) is 8.21. The van der Waals surface area contributed by atoms with Gasteiger partial charge in [0.25, 0.3) is 0 Å². The van der Waals surface area contributed by atoms with E-state index >= 15 is 0 Å². The number of anilines is 1.